The van der Waals surface area contributed by atoms with Gasteiger partial charge in [-0.3, -0.25) is 0 Å². The molecule has 6 heteroatoms. The molecule has 0 aromatic carbocycles. The summed E-state index contributed by atoms with van der Waals surface area (Å²) in [6.07, 6.45) is 1.00. The average molecular weight is 266 g/mol. The predicted octanol–water partition coefficient (Wildman–Crippen LogP) is 0.576. The number of ether oxygens (including phenoxy) is 1. The second kappa shape index (κ2) is 8.85. The Labute approximate surface area is 105 Å². The average Bonchev–Trinajstić information content (AvgIpc) is 2.23. The van der Waals surface area contributed by atoms with Crippen molar-refractivity contribution in [3.63, 3.8) is 0 Å². The van der Waals surface area contributed by atoms with Gasteiger partial charge in [0.25, 0.3) is 0 Å². The van der Waals surface area contributed by atoms with Crippen molar-refractivity contribution in [3.05, 3.63) is 0 Å². The zero-order valence-corrected chi connectivity index (χ0v) is 12.1. The number of sulfonamides is 1. The highest BCUT2D eigenvalue weighted by Crippen LogP contribution is 1.99. The Kier molecular flexibility index (Phi) is 8.77. The van der Waals surface area contributed by atoms with Gasteiger partial charge in [-0.15, -0.1) is 0 Å². The second-order valence-corrected chi connectivity index (χ2v) is 6.79. The molecule has 2 N–H and O–H groups in total. The first-order chi connectivity index (χ1) is 7.90. The van der Waals surface area contributed by atoms with Gasteiger partial charge >= 0.3 is 0 Å². The summed E-state index contributed by atoms with van der Waals surface area (Å²) in [5, 5.41) is 2.42. The number of rotatable bonds is 10. The SMILES string of the molecule is CNCC(C)S(=O)(=O)NCCOCCC(C)C. The zero-order valence-electron chi connectivity index (χ0n) is 11.3. The lowest BCUT2D eigenvalue weighted by Gasteiger charge is -2.13. The van der Waals surface area contributed by atoms with Gasteiger partial charge in [-0.25, -0.2) is 13.1 Å². The lowest BCUT2D eigenvalue weighted by Crippen LogP contribution is -2.39. The largest absolute Gasteiger partial charge is 0.380 e. The molecule has 1 unspecified atom stereocenters. The predicted molar refractivity (Wildman–Crippen MR) is 70.6 cm³/mol. The fourth-order valence-corrected chi connectivity index (χ4v) is 2.26. The van der Waals surface area contributed by atoms with Crippen LogP contribution >= 0.6 is 0 Å². The Bertz CT molecular complexity index is 278. The molecule has 104 valence electrons. The summed E-state index contributed by atoms with van der Waals surface area (Å²) in [5.41, 5.74) is 0. The lowest BCUT2D eigenvalue weighted by molar-refractivity contribution is 0.128. The van der Waals surface area contributed by atoms with Crippen LogP contribution in [0.15, 0.2) is 0 Å². The summed E-state index contributed by atoms with van der Waals surface area (Å²) in [6.45, 7) is 7.84. The molecule has 0 bridgehead atoms. The molecular formula is C11H26N2O3S. The third-order valence-electron chi connectivity index (χ3n) is 2.41. The molecule has 0 saturated carbocycles. The van der Waals surface area contributed by atoms with E-state index in [-0.39, 0.29) is 0 Å². The van der Waals surface area contributed by atoms with Crippen molar-refractivity contribution in [2.24, 2.45) is 5.92 Å². The Morgan fingerprint density at radius 1 is 1.18 bits per heavy atom. The first-order valence-corrected chi connectivity index (χ1v) is 7.65. The van der Waals surface area contributed by atoms with Crippen LogP contribution in [0.25, 0.3) is 0 Å². The Balaban J connectivity index is 3.66. The maximum atomic E-state index is 11.7. The van der Waals surface area contributed by atoms with Crippen LogP contribution in [0.1, 0.15) is 27.2 Å². The van der Waals surface area contributed by atoms with Gasteiger partial charge in [0.2, 0.25) is 10.0 Å². The van der Waals surface area contributed by atoms with Gasteiger partial charge in [-0.1, -0.05) is 13.8 Å². The number of hydrogen-bond donors (Lipinski definition) is 2. The van der Waals surface area contributed by atoms with Crippen molar-refractivity contribution < 1.29 is 13.2 Å². The monoisotopic (exact) mass is 266 g/mol. The Morgan fingerprint density at radius 3 is 2.35 bits per heavy atom. The summed E-state index contributed by atoms with van der Waals surface area (Å²) in [4.78, 5) is 0. The number of hydrogen-bond acceptors (Lipinski definition) is 4. The maximum Gasteiger partial charge on any atom is 0.215 e. The van der Waals surface area contributed by atoms with Crippen LogP contribution < -0.4 is 10.0 Å². The minimum absolute atomic E-state index is 0.342. The van der Waals surface area contributed by atoms with Gasteiger partial charge in [0, 0.05) is 19.7 Å². The Morgan fingerprint density at radius 2 is 1.82 bits per heavy atom. The molecule has 0 heterocycles. The third-order valence-corrected chi connectivity index (χ3v) is 4.24. The van der Waals surface area contributed by atoms with Crippen molar-refractivity contribution >= 4 is 10.0 Å². The highest BCUT2D eigenvalue weighted by molar-refractivity contribution is 7.90. The maximum absolute atomic E-state index is 11.7. The molecule has 0 fully saturated rings. The van der Waals surface area contributed by atoms with Gasteiger partial charge in [0.1, 0.15) is 0 Å². The molecule has 0 aromatic heterocycles. The Hall–Kier alpha value is -0.170. The molecule has 0 rings (SSSR count). The normalized spacial score (nSPS) is 14.2. The van der Waals surface area contributed by atoms with Gasteiger partial charge in [-0.2, -0.15) is 0 Å². The minimum Gasteiger partial charge on any atom is -0.380 e. The molecule has 5 nitrogen and oxygen atoms in total. The van der Waals surface area contributed by atoms with Crippen molar-refractivity contribution in [3.8, 4) is 0 Å². The molecule has 17 heavy (non-hydrogen) atoms. The van der Waals surface area contributed by atoms with E-state index in [1.54, 1.807) is 14.0 Å². The molecular weight excluding hydrogens is 240 g/mol. The first kappa shape index (κ1) is 16.8. The van der Waals surface area contributed by atoms with Crippen LogP contribution in [0.2, 0.25) is 0 Å². The van der Waals surface area contributed by atoms with E-state index in [0.717, 1.165) is 6.42 Å². The van der Waals surface area contributed by atoms with Gasteiger partial charge < -0.3 is 10.1 Å². The zero-order chi connectivity index (χ0) is 13.3. The summed E-state index contributed by atoms with van der Waals surface area (Å²) in [7, 11) is -1.48. The van der Waals surface area contributed by atoms with E-state index in [9.17, 15) is 8.42 Å². The summed E-state index contributed by atoms with van der Waals surface area (Å²) >= 11 is 0. The van der Waals surface area contributed by atoms with E-state index >= 15 is 0 Å². The van der Waals surface area contributed by atoms with E-state index in [1.807, 2.05) is 0 Å². The van der Waals surface area contributed by atoms with Crippen molar-refractivity contribution in [1.29, 1.82) is 0 Å². The second-order valence-electron chi connectivity index (χ2n) is 4.60. The van der Waals surface area contributed by atoms with Gasteiger partial charge in [0.05, 0.1) is 11.9 Å². The summed E-state index contributed by atoms with van der Waals surface area (Å²) in [6, 6.07) is 0. The third kappa shape index (κ3) is 8.54. The van der Waals surface area contributed by atoms with E-state index in [2.05, 4.69) is 23.9 Å². The molecule has 0 saturated heterocycles. The van der Waals surface area contributed by atoms with E-state index in [0.29, 0.717) is 32.2 Å². The smallest absolute Gasteiger partial charge is 0.215 e. The van der Waals surface area contributed by atoms with Crippen LogP contribution in [0.5, 0.6) is 0 Å². The summed E-state index contributed by atoms with van der Waals surface area (Å²) < 4.78 is 31.2. The first-order valence-electron chi connectivity index (χ1n) is 6.11. The van der Waals surface area contributed by atoms with Gasteiger partial charge in [-0.05, 0) is 26.3 Å². The van der Waals surface area contributed by atoms with Crippen molar-refractivity contribution in [2.45, 2.75) is 32.4 Å². The molecule has 0 aromatic rings. The molecule has 0 aliphatic rings. The fourth-order valence-electron chi connectivity index (χ4n) is 1.22. The van der Waals surface area contributed by atoms with Crippen LogP contribution in [0.4, 0.5) is 0 Å². The minimum atomic E-state index is -3.22. The van der Waals surface area contributed by atoms with Crippen LogP contribution in [-0.4, -0.2) is 47.0 Å². The van der Waals surface area contributed by atoms with E-state index < -0.39 is 15.3 Å². The molecule has 0 radical (unpaired) electrons. The molecule has 0 spiro atoms. The van der Waals surface area contributed by atoms with E-state index in [1.165, 1.54) is 0 Å². The molecule has 0 aliphatic carbocycles. The quantitative estimate of drug-likeness (QED) is 0.568. The topological polar surface area (TPSA) is 67.4 Å². The van der Waals surface area contributed by atoms with Crippen molar-refractivity contribution in [1.82, 2.24) is 10.0 Å². The summed E-state index contributed by atoms with van der Waals surface area (Å²) in [5.74, 6) is 0.613. The fraction of sp³-hybridized carbons (Fsp3) is 1.00. The molecule has 1 atom stereocenters. The van der Waals surface area contributed by atoms with Crippen LogP contribution in [0.3, 0.4) is 0 Å². The molecule has 0 aliphatic heterocycles. The van der Waals surface area contributed by atoms with E-state index in [4.69, 9.17) is 4.74 Å². The lowest BCUT2D eigenvalue weighted by atomic mass is 10.1. The van der Waals surface area contributed by atoms with Crippen molar-refractivity contribution in [2.75, 3.05) is 33.4 Å². The number of nitrogens with one attached hydrogen (secondary N) is 2. The standard InChI is InChI=1S/C11H26N2O3S/c1-10(2)5-7-16-8-6-13-17(14,15)11(3)9-12-4/h10-13H,5-9H2,1-4H3. The van der Waals surface area contributed by atoms with Crippen LogP contribution in [0, 0.1) is 5.92 Å². The molecule has 0 amide bonds. The van der Waals surface area contributed by atoms with Gasteiger partial charge in [0.15, 0.2) is 0 Å². The highest BCUT2D eigenvalue weighted by Gasteiger charge is 2.18. The van der Waals surface area contributed by atoms with Crippen LogP contribution in [-0.2, 0) is 14.8 Å². The highest BCUT2D eigenvalue weighted by atomic mass is 32.2.